The molecule has 0 aliphatic heterocycles. The van der Waals surface area contributed by atoms with Crippen molar-refractivity contribution in [2.24, 2.45) is 5.10 Å². The Morgan fingerprint density at radius 2 is 1.83 bits per heavy atom. The highest BCUT2D eigenvalue weighted by Crippen LogP contribution is 2.33. The predicted molar refractivity (Wildman–Crippen MR) is 157 cm³/mol. The molecule has 6 rings (SSSR count). The van der Waals surface area contributed by atoms with Crippen molar-refractivity contribution in [3.8, 4) is 11.4 Å². The molecule has 2 heterocycles. The molecule has 1 amide bonds. The van der Waals surface area contributed by atoms with Crippen LogP contribution in [0.3, 0.4) is 0 Å². The molecule has 2 aromatic heterocycles. The molecule has 0 aliphatic rings. The molecule has 1 N–H and O–H groups in total. The van der Waals surface area contributed by atoms with Gasteiger partial charge in [0.05, 0.1) is 11.1 Å². The lowest BCUT2D eigenvalue weighted by Crippen LogP contribution is -2.16. The first-order valence-electron chi connectivity index (χ1n) is 12.7. The van der Waals surface area contributed by atoms with Crippen LogP contribution >= 0.6 is 11.8 Å². The van der Waals surface area contributed by atoms with Crippen molar-refractivity contribution in [1.82, 2.24) is 20.2 Å². The van der Waals surface area contributed by atoms with Crippen LogP contribution in [0.1, 0.15) is 23.0 Å². The number of nitrogens with zero attached hydrogens (tertiary/aromatic N) is 5. The maximum atomic E-state index is 12.9. The van der Waals surface area contributed by atoms with E-state index < -0.39 is 10.8 Å². The maximum Gasteiger partial charge on any atom is 0.307 e. The summed E-state index contributed by atoms with van der Waals surface area (Å²) in [5.74, 6) is 0.282. The van der Waals surface area contributed by atoms with Gasteiger partial charge in [0.15, 0.2) is 16.7 Å². The molecule has 11 heteroatoms. The third-order valence-electron chi connectivity index (χ3n) is 6.49. The summed E-state index contributed by atoms with van der Waals surface area (Å²) in [5.41, 5.74) is 4.32. The van der Waals surface area contributed by atoms with Gasteiger partial charge < -0.3 is 8.98 Å². The Morgan fingerprint density at radius 3 is 2.63 bits per heavy atom. The number of rotatable bonds is 8. The molecule has 6 aromatic rings. The number of nitrogens with one attached hydrogen (secondary N) is 1. The molecular weight excluding hydrogens is 540 g/mol. The summed E-state index contributed by atoms with van der Waals surface area (Å²) in [6.45, 7) is 2.62. The average molecular weight is 563 g/mol. The van der Waals surface area contributed by atoms with Gasteiger partial charge in [0.2, 0.25) is 0 Å². The van der Waals surface area contributed by atoms with E-state index >= 15 is 0 Å². The lowest BCUT2D eigenvalue weighted by atomic mass is 10.1. The van der Waals surface area contributed by atoms with Crippen molar-refractivity contribution in [2.45, 2.75) is 23.5 Å². The van der Waals surface area contributed by atoms with Crippen molar-refractivity contribution < 1.29 is 14.1 Å². The van der Waals surface area contributed by atoms with E-state index in [4.69, 9.17) is 4.42 Å². The van der Waals surface area contributed by atoms with E-state index in [2.05, 4.69) is 20.7 Å². The molecule has 0 unspecified atom stereocenters. The molecule has 0 fully saturated rings. The number of hydrogen-bond acceptors (Lipinski definition) is 8. The van der Waals surface area contributed by atoms with Gasteiger partial charge in [-0.15, -0.1) is 10.2 Å². The van der Waals surface area contributed by atoms with Crippen LogP contribution in [0.5, 0.6) is 0 Å². The first kappa shape index (κ1) is 26.0. The van der Waals surface area contributed by atoms with Crippen LogP contribution in [0.4, 0.5) is 5.69 Å². The van der Waals surface area contributed by atoms with Crippen molar-refractivity contribution >= 4 is 51.3 Å². The van der Waals surface area contributed by atoms with Crippen LogP contribution in [0.2, 0.25) is 0 Å². The summed E-state index contributed by atoms with van der Waals surface area (Å²) in [6, 6.07) is 27.4. The molecule has 0 aliphatic carbocycles. The van der Waals surface area contributed by atoms with Crippen molar-refractivity contribution in [3.05, 3.63) is 112 Å². The van der Waals surface area contributed by atoms with E-state index in [0.717, 1.165) is 27.5 Å². The highest BCUT2D eigenvalue weighted by molar-refractivity contribution is 7.99. The zero-order valence-electron chi connectivity index (χ0n) is 21.7. The van der Waals surface area contributed by atoms with E-state index in [1.165, 1.54) is 30.1 Å². The predicted octanol–water partition coefficient (Wildman–Crippen LogP) is 6.69. The number of carbonyl (C=O) groups excluding carboxylic acids is 1. The fourth-order valence-electron chi connectivity index (χ4n) is 4.51. The normalized spacial score (nSPS) is 11.4. The lowest BCUT2D eigenvalue weighted by Gasteiger charge is -2.09. The van der Waals surface area contributed by atoms with Gasteiger partial charge >= 0.3 is 5.91 Å². The SMILES string of the molecule is CCn1c(Sc2ccc([N+](=O)[O-])cc2/C=N/NC(=O)c2cc3c(ccc4ccccc43)o2)nnc1-c1ccccc1. The second-order valence-electron chi connectivity index (χ2n) is 9.01. The summed E-state index contributed by atoms with van der Waals surface area (Å²) < 4.78 is 7.73. The number of hydrogen-bond donors (Lipinski definition) is 1. The largest absolute Gasteiger partial charge is 0.451 e. The fraction of sp³-hybridized carbons (Fsp3) is 0.0667. The van der Waals surface area contributed by atoms with Crippen LogP contribution < -0.4 is 5.43 Å². The summed E-state index contributed by atoms with van der Waals surface area (Å²) in [4.78, 5) is 24.5. The molecule has 10 nitrogen and oxygen atoms in total. The Labute approximate surface area is 237 Å². The Kier molecular flexibility index (Phi) is 7.00. The van der Waals surface area contributed by atoms with Gasteiger partial charge in [-0.05, 0) is 47.7 Å². The van der Waals surface area contributed by atoms with Crippen LogP contribution in [0.25, 0.3) is 33.1 Å². The number of non-ortho nitro benzene ring substituents is 1. The first-order chi connectivity index (χ1) is 20.0. The van der Waals surface area contributed by atoms with Crippen LogP contribution in [-0.4, -0.2) is 31.8 Å². The second-order valence-corrected chi connectivity index (χ2v) is 10.0. The standard InChI is InChI=1S/C30H22N6O4S/c1-2-35-28(20-9-4-3-5-10-20)32-34-30(35)41-27-15-13-22(36(38)39)16-21(27)18-31-33-29(37)26-17-24-23-11-7-6-8-19(23)12-14-25(24)40-26/h3-18H,2H2,1H3,(H,33,37)/b31-18+. The van der Waals surface area contributed by atoms with Gasteiger partial charge in [-0.25, -0.2) is 5.43 Å². The number of nitro benzene ring substituents is 1. The molecule has 4 aromatic carbocycles. The quantitative estimate of drug-likeness (QED) is 0.124. The van der Waals surface area contributed by atoms with Gasteiger partial charge in [0.1, 0.15) is 5.58 Å². The molecular formula is C30H22N6O4S. The minimum absolute atomic E-state index is 0.103. The van der Waals surface area contributed by atoms with Crippen molar-refractivity contribution in [1.29, 1.82) is 0 Å². The van der Waals surface area contributed by atoms with E-state index in [-0.39, 0.29) is 11.4 Å². The molecule has 0 spiro atoms. The minimum Gasteiger partial charge on any atom is -0.451 e. The number of aromatic nitrogens is 3. The van der Waals surface area contributed by atoms with Gasteiger partial charge in [-0.2, -0.15) is 5.10 Å². The van der Waals surface area contributed by atoms with E-state index in [1.807, 2.05) is 78.2 Å². The highest BCUT2D eigenvalue weighted by Gasteiger charge is 2.18. The zero-order chi connectivity index (χ0) is 28.3. The first-order valence-corrected chi connectivity index (χ1v) is 13.5. The minimum atomic E-state index is -0.542. The Hall–Kier alpha value is -5.29. The van der Waals surface area contributed by atoms with Crippen LogP contribution in [0.15, 0.2) is 111 Å². The lowest BCUT2D eigenvalue weighted by molar-refractivity contribution is -0.384. The molecule has 0 radical (unpaired) electrons. The van der Waals surface area contributed by atoms with E-state index in [9.17, 15) is 14.9 Å². The summed E-state index contributed by atoms with van der Waals surface area (Å²) in [6.07, 6.45) is 1.37. The van der Waals surface area contributed by atoms with Gasteiger partial charge in [0, 0.05) is 40.1 Å². The molecule has 0 saturated carbocycles. The summed E-state index contributed by atoms with van der Waals surface area (Å²) >= 11 is 1.30. The van der Waals surface area contributed by atoms with E-state index in [0.29, 0.717) is 27.7 Å². The number of furan rings is 1. The van der Waals surface area contributed by atoms with Crippen molar-refractivity contribution in [3.63, 3.8) is 0 Å². The second kappa shape index (κ2) is 11.1. The number of hydrazone groups is 1. The van der Waals surface area contributed by atoms with Gasteiger partial charge in [0.25, 0.3) is 5.69 Å². The average Bonchev–Trinajstić information content (AvgIpc) is 3.63. The Bertz CT molecular complexity index is 1950. The topological polar surface area (TPSA) is 128 Å². The highest BCUT2D eigenvalue weighted by atomic mass is 32.2. The molecule has 0 atom stereocenters. The Balaban J connectivity index is 1.27. The Morgan fingerprint density at radius 1 is 1.02 bits per heavy atom. The fourth-order valence-corrected chi connectivity index (χ4v) is 5.48. The van der Waals surface area contributed by atoms with Crippen LogP contribution in [-0.2, 0) is 6.54 Å². The third kappa shape index (κ3) is 5.18. The third-order valence-corrected chi connectivity index (χ3v) is 7.57. The number of amides is 1. The monoisotopic (exact) mass is 562 g/mol. The molecule has 0 bridgehead atoms. The number of carbonyl (C=O) groups is 1. The molecule has 0 saturated heterocycles. The molecule has 41 heavy (non-hydrogen) atoms. The number of nitro groups is 1. The van der Waals surface area contributed by atoms with Crippen molar-refractivity contribution in [2.75, 3.05) is 0 Å². The summed E-state index contributed by atoms with van der Waals surface area (Å²) in [5, 5.41) is 27.7. The number of benzene rings is 4. The van der Waals surface area contributed by atoms with Gasteiger partial charge in [-0.1, -0.05) is 60.7 Å². The van der Waals surface area contributed by atoms with Gasteiger partial charge in [-0.3, -0.25) is 14.9 Å². The maximum absolute atomic E-state index is 12.9. The molecule has 202 valence electrons. The zero-order valence-corrected chi connectivity index (χ0v) is 22.5. The summed E-state index contributed by atoms with van der Waals surface area (Å²) in [7, 11) is 0. The van der Waals surface area contributed by atoms with Crippen LogP contribution in [0, 0.1) is 10.1 Å². The smallest absolute Gasteiger partial charge is 0.307 e. The van der Waals surface area contributed by atoms with E-state index in [1.54, 1.807) is 12.1 Å². The number of fused-ring (bicyclic) bond motifs is 3.